The first-order chi connectivity index (χ1) is 14.2. The van der Waals surface area contributed by atoms with Crippen LogP contribution in [0.3, 0.4) is 0 Å². The molecule has 8 nitrogen and oxygen atoms in total. The molecule has 0 aromatic heterocycles. The standard InChI is InChI=1S/C21H27N3O5S/c1-4-5-11-13(25)22-14(12-9-7-6-8-10-12)17(26)23-15-18(27)24-16(20(28)29)21(2,3)30-19(15)24/h6-10,14-16,19H,4-5,11H2,1-3H3,(H,22,25)(H,23,26)(H,28,29)/t14-,15+,16-,19+/m1/s1. The van der Waals surface area contributed by atoms with Gasteiger partial charge in [-0.1, -0.05) is 43.7 Å². The topological polar surface area (TPSA) is 116 Å². The van der Waals surface area contributed by atoms with Gasteiger partial charge in [0.15, 0.2) is 0 Å². The number of aliphatic carboxylic acids is 1. The van der Waals surface area contributed by atoms with Crippen LogP contribution in [0.4, 0.5) is 0 Å². The Kier molecular flexibility index (Phi) is 6.40. The normalized spacial score (nSPS) is 25.1. The van der Waals surface area contributed by atoms with Gasteiger partial charge >= 0.3 is 5.97 Å². The number of carboxylic acid groups (broad SMARTS) is 1. The highest BCUT2D eigenvalue weighted by molar-refractivity contribution is 8.01. The van der Waals surface area contributed by atoms with E-state index in [0.29, 0.717) is 12.0 Å². The van der Waals surface area contributed by atoms with Crippen LogP contribution in [0.15, 0.2) is 30.3 Å². The Bertz CT molecular complexity index is 844. The first-order valence-electron chi connectivity index (χ1n) is 10.0. The molecule has 162 valence electrons. The van der Waals surface area contributed by atoms with Crippen LogP contribution in [0.2, 0.25) is 0 Å². The SMILES string of the molecule is CCCCC(=O)N[C@@H](C(=O)N[C@H]1C(=O)N2[C@H]1SC(C)(C)[C@H]2C(=O)O)c1ccccc1. The second-order valence-corrected chi connectivity index (χ2v) is 9.87. The van der Waals surface area contributed by atoms with Gasteiger partial charge in [-0.15, -0.1) is 11.8 Å². The Morgan fingerprint density at radius 2 is 1.90 bits per heavy atom. The predicted octanol–water partition coefficient (Wildman–Crippen LogP) is 1.67. The van der Waals surface area contributed by atoms with Crippen LogP contribution in [-0.2, 0) is 19.2 Å². The molecular formula is C21H27N3O5S. The van der Waals surface area contributed by atoms with E-state index < -0.39 is 46.0 Å². The second kappa shape index (κ2) is 8.67. The number of nitrogens with one attached hydrogen (secondary N) is 2. The number of thioether (sulfide) groups is 1. The van der Waals surface area contributed by atoms with Crippen molar-refractivity contribution in [2.75, 3.05) is 0 Å². The zero-order valence-electron chi connectivity index (χ0n) is 17.3. The Balaban J connectivity index is 1.74. The Morgan fingerprint density at radius 3 is 2.50 bits per heavy atom. The number of nitrogens with zero attached hydrogens (tertiary/aromatic N) is 1. The van der Waals surface area contributed by atoms with E-state index in [1.165, 1.54) is 16.7 Å². The monoisotopic (exact) mass is 433 g/mol. The van der Waals surface area contributed by atoms with Crippen molar-refractivity contribution in [1.82, 2.24) is 15.5 Å². The number of benzene rings is 1. The van der Waals surface area contributed by atoms with Crippen molar-refractivity contribution in [2.24, 2.45) is 0 Å². The molecule has 30 heavy (non-hydrogen) atoms. The molecule has 1 aromatic rings. The lowest BCUT2D eigenvalue weighted by molar-refractivity contribution is -0.161. The third kappa shape index (κ3) is 4.16. The fourth-order valence-electron chi connectivity index (χ4n) is 3.90. The molecule has 1 aromatic carbocycles. The van der Waals surface area contributed by atoms with E-state index in [1.807, 2.05) is 13.0 Å². The molecule has 0 bridgehead atoms. The van der Waals surface area contributed by atoms with Gasteiger partial charge in [0, 0.05) is 11.2 Å². The van der Waals surface area contributed by atoms with Crippen molar-refractivity contribution in [3.63, 3.8) is 0 Å². The van der Waals surface area contributed by atoms with Crippen molar-refractivity contribution in [3.05, 3.63) is 35.9 Å². The summed E-state index contributed by atoms with van der Waals surface area (Å²) in [4.78, 5) is 50.9. The fourth-order valence-corrected chi connectivity index (χ4v) is 5.52. The van der Waals surface area contributed by atoms with Gasteiger partial charge in [-0.25, -0.2) is 4.79 Å². The highest BCUT2D eigenvalue weighted by atomic mass is 32.2. The van der Waals surface area contributed by atoms with Crippen LogP contribution >= 0.6 is 11.8 Å². The van der Waals surface area contributed by atoms with Crippen LogP contribution in [-0.4, -0.2) is 55.9 Å². The maximum absolute atomic E-state index is 13.0. The molecule has 2 saturated heterocycles. The molecule has 3 rings (SSSR count). The molecule has 0 radical (unpaired) electrons. The van der Waals surface area contributed by atoms with Crippen LogP contribution < -0.4 is 10.6 Å². The van der Waals surface area contributed by atoms with E-state index in [0.717, 1.165) is 12.8 Å². The molecule has 3 amide bonds. The predicted molar refractivity (Wildman–Crippen MR) is 113 cm³/mol. The largest absolute Gasteiger partial charge is 0.480 e. The molecule has 2 heterocycles. The minimum atomic E-state index is -1.06. The average molecular weight is 434 g/mol. The smallest absolute Gasteiger partial charge is 0.327 e. The number of hydrogen-bond donors (Lipinski definition) is 3. The number of fused-ring (bicyclic) bond motifs is 1. The molecule has 2 fully saturated rings. The van der Waals surface area contributed by atoms with Crippen molar-refractivity contribution in [1.29, 1.82) is 0 Å². The van der Waals surface area contributed by atoms with E-state index in [4.69, 9.17) is 0 Å². The van der Waals surface area contributed by atoms with Gasteiger partial charge in [-0.2, -0.15) is 0 Å². The highest BCUT2D eigenvalue weighted by Gasteiger charge is 2.64. The zero-order chi connectivity index (χ0) is 22.1. The molecular weight excluding hydrogens is 406 g/mol. The highest BCUT2D eigenvalue weighted by Crippen LogP contribution is 2.50. The third-order valence-corrected chi connectivity index (χ3v) is 7.00. The van der Waals surface area contributed by atoms with Gasteiger partial charge in [-0.3, -0.25) is 14.4 Å². The first-order valence-corrected chi connectivity index (χ1v) is 10.9. The van der Waals surface area contributed by atoms with Gasteiger partial charge in [0.1, 0.15) is 23.5 Å². The van der Waals surface area contributed by atoms with Crippen molar-refractivity contribution in [3.8, 4) is 0 Å². The summed E-state index contributed by atoms with van der Waals surface area (Å²) in [5.74, 6) is -2.19. The lowest BCUT2D eigenvalue weighted by atomic mass is 9.95. The molecule has 0 spiro atoms. The summed E-state index contributed by atoms with van der Waals surface area (Å²) in [6.45, 7) is 5.54. The third-order valence-electron chi connectivity index (χ3n) is 5.43. The molecule has 9 heteroatoms. The van der Waals surface area contributed by atoms with E-state index in [2.05, 4.69) is 10.6 Å². The van der Waals surface area contributed by atoms with Crippen molar-refractivity contribution >= 4 is 35.5 Å². The molecule has 0 saturated carbocycles. The van der Waals surface area contributed by atoms with Crippen LogP contribution in [0, 0.1) is 0 Å². The number of unbranched alkanes of at least 4 members (excludes halogenated alkanes) is 1. The summed E-state index contributed by atoms with van der Waals surface area (Å²) >= 11 is 1.36. The van der Waals surface area contributed by atoms with Crippen molar-refractivity contribution in [2.45, 2.75) is 68.3 Å². The van der Waals surface area contributed by atoms with Gasteiger partial charge in [0.2, 0.25) is 17.7 Å². The maximum Gasteiger partial charge on any atom is 0.327 e. The summed E-state index contributed by atoms with van der Waals surface area (Å²) in [5, 5.41) is 14.6. The summed E-state index contributed by atoms with van der Waals surface area (Å²) in [6, 6.07) is 6.17. The molecule has 2 aliphatic heterocycles. The lowest BCUT2D eigenvalue weighted by Gasteiger charge is -2.44. The van der Waals surface area contributed by atoms with Crippen molar-refractivity contribution < 1.29 is 24.3 Å². The minimum Gasteiger partial charge on any atom is -0.480 e. The van der Waals surface area contributed by atoms with Crippen LogP contribution in [0.5, 0.6) is 0 Å². The quantitative estimate of drug-likeness (QED) is 0.537. The molecule has 2 aliphatic rings. The molecule has 3 N–H and O–H groups in total. The molecule has 0 unspecified atom stereocenters. The van der Waals surface area contributed by atoms with Gasteiger partial charge in [0.05, 0.1) is 0 Å². The Morgan fingerprint density at radius 1 is 1.23 bits per heavy atom. The van der Waals surface area contributed by atoms with E-state index in [9.17, 15) is 24.3 Å². The summed E-state index contributed by atoms with van der Waals surface area (Å²) in [5.41, 5.74) is 0.617. The number of rotatable bonds is 8. The second-order valence-electron chi connectivity index (χ2n) is 8.10. The zero-order valence-corrected chi connectivity index (χ0v) is 18.1. The number of carbonyl (C=O) groups excluding carboxylic acids is 3. The summed E-state index contributed by atoms with van der Waals surface area (Å²) in [7, 11) is 0. The number of carbonyl (C=O) groups is 4. The van der Waals surface area contributed by atoms with E-state index in [-0.39, 0.29) is 5.91 Å². The molecule has 4 atom stereocenters. The first kappa shape index (κ1) is 22.1. The molecule has 0 aliphatic carbocycles. The van der Waals surface area contributed by atoms with Gasteiger partial charge in [-0.05, 0) is 25.8 Å². The van der Waals surface area contributed by atoms with E-state index in [1.54, 1.807) is 38.1 Å². The number of β-lactam (4-membered cyclic amide) rings is 1. The van der Waals surface area contributed by atoms with Crippen LogP contribution in [0.25, 0.3) is 0 Å². The van der Waals surface area contributed by atoms with Gasteiger partial charge < -0.3 is 20.6 Å². The Hall–Kier alpha value is -2.55. The Labute approximate surface area is 179 Å². The lowest BCUT2D eigenvalue weighted by Crippen LogP contribution is -2.71. The minimum absolute atomic E-state index is 0.232. The van der Waals surface area contributed by atoms with Gasteiger partial charge in [0.25, 0.3) is 0 Å². The number of hydrogen-bond acceptors (Lipinski definition) is 5. The number of amides is 3. The fraction of sp³-hybridized carbons (Fsp3) is 0.524. The average Bonchev–Trinajstić information content (AvgIpc) is 2.97. The summed E-state index contributed by atoms with van der Waals surface area (Å²) in [6.07, 6.45) is 1.90. The van der Waals surface area contributed by atoms with Crippen LogP contribution in [0.1, 0.15) is 51.6 Å². The van der Waals surface area contributed by atoms with E-state index >= 15 is 0 Å². The summed E-state index contributed by atoms with van der Waals surface area (Å²) < 4.78 is -0.668. The maximum atomic E-state index is 13.0. The number of carboxylic acids is 1.